The minimum absolute atomic E-state index is 0.165. The quantitative estimate of drug-likeness (QED) is 0.525. The number of rotatable bonds is 9. The van der Waals surface area contributed by atoms with Crippen LogP contribution in [0.2, 0.25) is 0 Å². The van der Waals surface area contributed by atoms with Crippen molar-refractivity contribution in [2.75, 3.05) is 6.54 Å². The Morgan fingerprint density at radius 2 is 1.63 bits per heavy atom. The lowest BCUT2D eigenvalue weighted by molar-refractivity contribution is -0.117. The van der Waals surface area contributed by atoms with Crippen molar-refractivity contribution >= 4 is 11.7 Å². The third kappa shape index (κ3) is 6.15. The molecule has 0 aromatic heterocycles. The molecule has 0 fully saturated rings. The van der Waals surface area contributed by atoms with E-state index in [1.54, 1.807) is 0 Å². The highest BCUT2D eigenvalue weighted by molar-refractivity contribution is 5.96. The Morgan fingerprint density at radius 3 is 2.21 bits per heavy atom. The molecule has 0 radical (unpaired) electrons. The Labute approximate surface area is 114 Å². The van der Waals surface area contributed by atoms with Gasteiger partial charge in [0.15, 0.2) is 5.78 Å². The lowest BCUT2D eigenvalue weighted by atomic mass is 10.0. The number of hydrogen-bond acceptors (Lipinski definition) is 3. The predicted molar refractivity (Wildman–Crippen MR) is 75.8 cm³/mol. The number of amides is 1. The molecular formula is C15H22N2O2. The van der Waals surface area contributed by atoms with Gasteiger partial charge in [-0.25, -0.2) is 0 Å². The summed E-state index contributed by atoms with van der Waals surface area (Å²) in [6.45, 7) is 0.683. The van der Waals surface area contributed by atoms with E-state index in [4.69, 9.17) is 11.5 Å². The van der Waals surface area contributed by atoms with Gasteiger partial charge in [-0.1, -0.05) is 30.7 Å². The molecule has 0 bridgehead atoms. The number of aryl methyl sites for hydroxylation is 1. The summed E-state index contributed by atoms with van der Waals surface area (Å²) in [6, 6.07) is 7.41. The van der Waals surface area contributed by atoms with Gasteiger partial charge >= 0.3 is 0 Å². The van der Waals surface area contributed by atoms with Crippen LogP contribution in [0, 0.1) is 0 Å². The van der Waals surface area contributed by atoms with Gasteiger partial charge in [0, 0.05) is 18.4 Å². The maximum atomic E-state index is 11.9. The lowest BCUT2D eigenvalue weighted by Crippen LogP contribution is -2.11. The van der Waals surface area contributed by atoms with E-state index in [-0.39, 0.29) is 11.7 Å². The average Bonchev–Trinajstić information content (AvgIpc) is 2.41. The fraction of sp³-hybridized carbons (Fsp3) is 0.467. The number of carbonyl (C=O) groups is 2. The van der Waals surface area contributed by atoms with Crippen LogP contribution in [0.4, 0.5) is 0 Å². The first-order valence-electron chi connectivity index (χ1n) is 6.74. The van der Waals surface area contributed by atoms with Gasteiger partial charge in [0.05, 0.1) is 0 Å². The molecule has 0 atom stereocenters. The standard InChI is InChI=1S/C15H22N2O2/c16-11-3-1-2-4-14(18)13-8-5-12(6-9-13)7-10-15(17)19/h5-6,8-9H,1-4,7,10-11,16H2,(H2,17,19). The molecule has 0 saturated heterocycles. The van der Waals surface area contributed by atoms with Gasteiger partial charge in [0.25, 0.3) is 0 Å². The number of benzene rings is 1. The van der Waals surface area contributed by atoms with Crippen molar-refractivity contribution in [2.24, 2.45) is 11.5 Å². The number of carbonyl (C=O) groups excluding carboxylic acids is 2. The second-order valence-electron chi connectivity index (χ2n) is 4.69. The highest BCUT2D eigenvalue weighted by Crippen LogP contribution is 2.11. The van der Waals surface area contributed by atoms with Crippen molar-refractivity contribution in [1.29, 1.82) is 0 Å². The second kappa shape index (κ2) is 8.43. The van der Waals surface area contributed by atoms with Gasteiger partial charge < -0.3 is 11.5 Å². The van der Waals surface area contributed by atoms with Gasteiger partial charge in [0.1, 0.15) is 0 Å². The summed E-state index contributed by atoms with van der Waals surface area (Å²) < 4.78 is 0. The van der Waals surface area contributed by atoms with Crippen LogP contribution in [0.5, 0.6) is 0 Å². The first-order chi connectivity index (χ1) is 9.13. The summed E-state index contributed by atoms with van der Waals surface area (Å²) in [4.78, 5) is 22.6. The Kier molecular flexibility index (Phi) is 6.82. The van der Waals surface area contributed by atoms with Crippen molar-refractivity contribution in [3.63, 3.8) is 0 Å². The molecule has 1 aromatic rings. The smallest absolute Gasteiger partial charge is 0.217 e. The van der Waals surface area contributed by atoms with E-state index in [0.717, 1.165) is 30.4 Å². The molecule has 0 unspecified atom stereocenters. The Hall–Kier alpha value is -1.68. The van der Waals surface area contributed by atoms with E-state index in [1.165, 1.54) is 0 Å². The molecule has 0 heterocycles. The van der Waals surface area contributed by atoms with Crippen LogP contribution in [0.25, 0.3) is 0 Å². The van der Waals surface area contributed by atoms with E-state index < -0.39 is 0 Å². The summed E-state index contributed by atoms with van der Waals surface area (Å²) >= 11 is 0. The number of ketones is 1. The number of primary amides is 1. The van der Waals surface area contributed by atoms with Gasteiger partial charge in [-0.2, -0.15) is 0 Å². The van der Waals surface area contributed by atoms with Crippen molar-refractivity contribution in [2.45, 2.75) is 38.5 Å². The summed E-state index contributed by atoms with van der Waals surface area (Å²) in [5, 5.41) is 0. The number of unbranched alkanes of at least 4 members (excludes halogenated alkanes) is 2. The first-order valence-corrected chi connectivity index (χ1v) is 6.74. The molecule has 4 heteroatoms. The third-order valence-electron chi connectivity index (χ3n) is 3.04. The summed E-state index contributed by atoms with van der Waals surface area (Å²) in [7, 11) is 0. The highest BCUT2D eigenvalue weighted by Gasteiger charge is 2.05. The van der Waals surface area contributed by atoms with Crippen LogP contribution in [-0.2, 0) is 11.2 Å². The molecule has 1 rings (SSSR count). The monoisotopic (exact) mass is 262 g/mol. The maximum Gasteiger partial charge on any atom is 0.217 e. The molecule has 0 spiro atoms. The zero-order valence-corrected chi connectivity index (χ0v) is 11.2. The Morgan fingerprint density at radius 1 is 0.947 bits per heavy atom. The van der Waals surface area contributed by atoms with Crippen LogP contribution in [-0.4, -0.2) is 18.2 Å². The van der Waals surface area contributed by atoms with E-state index in [9.17, 15) is 9.59 Å². The maximum absolute atomic E-state index is 11.9. The minimum atomic E-state index is -0.306. The van der Waals surface area contributed by atoms with E-state index in [1.807, 2.05) is 24.3 Å². The molecule has 0 aliphatic heterocycles. The molecule has 19 heavy (non-hydrogen) atoms. The van der Waals surface area contributed by atoms with E-state index in [2.05, 4.69) is 0 Å². The zero-order valence-electron chi connectivity index (χ0n) is 11.2. The van der Waals surface area contributed by atoms with Gasteiger partial charge in [-0.3, -0.25) is 9.59 Å². The predicted octanol–water partition coefficient (Wildman–Crippen LogP) is 1.81. The first kappa shape index (κ1) is 15.4. The lowest BCUT2D eigenvalue weighted by Gasteiger charge is -2.03. The van der Waals surface area contributed by atoms with Crippen molar-refractivity contribution in [1.82, 2.24) is 0 Å². The van der Waals surface area contributed by atoms with Crippen LogP contribution >= 0.6 is 0 Å². The van der Waals surface area contributed by atoms with Crippen molar-refractivity contribution in [3.05, 3.63) is 35.4 Å². The van der Waals surface area contributed by atoms with Crippen LogP contribution < -0.4 is 11.5 Å². The summed E-state index contributed by atoms with van der Waals surface area (Å²) in [5.41, 5.74) is 12.3. The summed E-state index contributed by atoms with van der Waals surface area (Å²) in [6.07, 6.45) is 4.39. The normalized spacial score (nSPS) is 10.4. The number of Topliss-reactive ketones (excluding diaryl/α,β-unsaturated/α-hetero) is 1. The molecule has 0 saturated carbocycles. The van der Waals surface area contributed by atoms with Gasteiger partial charge in [-0.15, -0.1) is 0 Å². The molecular weight excluding hydrogens is 240 g/mol. The molecule has 1 amide bonds. The van der Waals surface area contributed by atoms with E-state index in [0.29, 0.717) is 25.8 Å². The highest BCUT2D eigenvalue weighted by atomic mass is 16.1. The molecule has 104 valence electrons. The van der Waals surface area contributed by atoms with Gasteiger partial charge in [-0.05, 0) is 31.4 Å². The van der Waals surface area contributed by atoms with Gasteiger partial charge in [0.2, 0.25) is 5.91 Å². The third-order valence-corrected chi connectivity index (χ3v) is 3.04. The van der Waals surface area contributed by atoms with Crippen molar-refractivity contribution < 1.29 is 9.59 Å². The Balaban J connectivity index is 2.42. The Bertz CT molecular complexity index is 413. The number of hydrogen-bond donors (Lipinski definition) is 2. The molecule has 4 N–H and O–H groups in total. The molecule has 4 nitrogen and oxygen atoms in total. The summed E-state index contributed by atoms with van der Waals surface area (Å²) in [5.74, 6) is -0.140. The van der Waals surface area contributed by atoms with Crippen LogP contribution in [0.3, 0.4) is 0 Å². The SMILES string of the molecule is NCCCCCC(=O)c1ccc(CCC(N)=O)cc1. The second-order valence-corrected chi connectivity index (χ2v) is 4.69. The molecule has 1 aromatic carbocycles. The number of nitrogens with two attached hydrogens (primary N) is 2. The topological polar surface area (TPSA) is 86.2 Å². The van der Waals surface area contributed by atoms with E-state index >= 15 is 0 Å². The fourth-order valence-corrected chi connectivity index (χ4v) is 1.88. The zero-order chi connectivity index (χ0) is 14.1. The fourth-order valence-electron chi connectivity index (χ4n) is 1.88. The molecule has 0 aliphatic carbocycles. The molecule has 0 aliphatic rings. The van der Waals surface area contributed by atoms with Crippen LogP contribution in [0.1, 0.15) is 48.0 Å². The minimum Gasteiger partial charge on any atom is -0.370 e. The van der Waals surface area contributed by atoms with Crippen LogP contribution in [0.15, 0.2) is 24.3 Å². The average molecular weight is 262 g/mol. The largest absolute Gasteiger partial charge is 0.370 e. The van der Waals surface area contributed by atoms with Crippen molar-refractivity contribution in [3.8, 4) is 0 Å².